The van der Waals surface area contributed by atoms with E-state index in [4.69, 9.17) is 10.5 Å². The van der Waals surface area contributed by atoms with Crippen LogP contribution in [-0.4, -0.2) is 20.2 Å². The Labute approximate surface area is 94.3 Å². The normalized spacial score (nSPS) is 9.87. The molecule has 0 fully saturated rings. The van der Waals surface area contributed by atoms with Crippen LogP contribution in [0.5, 0.6) is 5.75 Å². The van der Waals surface area contributed by atoms with Crippen LogP contribution in [0.1, 0.15) is 10.4 Å². The van der Waals surface area contributed by atoms with Gasteiger partial charge in [0.05, 0.1) is 19.9 Å². The highest BCUT2D eigenvalue weighted by molar-refractivity contribution is 9.10. The maximum Gasteiger partial charge on any atom is 0.343 e. The van der Waals surface area contributed by atoms with E-state index in [-0.39, 0.29) is 17.0 Å². The van der Waals surface area contributed by atoms with Crippen molar-refractivity contribution in [3.8, 4) is 5.75 Å². The minimum absolute atomic E-state index is 0.0137. The summed E-state index contributed by atoms with van der Waals surface area (Å²) in [7, 11) is 2.44. The third-order valence-electron chi connectivity index (χ3n) is 1.83. The second-order valence-corrected chi connectivity index (χ2v) is 3.51. The molecule has 15 heavy (non-hydrogen) atoms. The predicted octanol–water partition coefficient (Wildman–Crippen LogP) is 1.97. The average molecular weight is 278 g/mol. The highest BCUT2D eigenvalue weighted by Crippen LogP contribution is 2.33. The van der Waals surface area contributed by atoms with Crippen molar-refractivity contribution < 1.29 is 18.7 Å². The summed E-state index contributed by atoms with van der Waals surface area (Å²) in [5.41, 5.74) is 5.20. The molecule has 6 heteroatoms. The number of esters is 1. The number of halogens is 2. The number of carbonyl (C=O) groups excluding carboxylic acids is 1. The van der Waals surface area contributed by atoms with Crippen LogP contribution in [0.25, 0.3) is 0 Å². The quantitative estimate of drug-likeness (QED) is 0.663. The van der Waals surface area contributed by atoms with Crippen LogP contribution in [0, 0.1) is 5.82 Å². The fourth-order valence-corrected chi connectivity index (χ4v) is 1.47. The molecule has 0 saturated heterocycles. The molecule has 0 aliphatic rings. The number of methoxy groups -OCH3 is 2. The van der Waals surface area contributed by atoms with Crippen LogP contribution in [0.15, 0.2) is 10.5 Å². The van der Waals surface area contributed by atoms with Crippen LogP contribution in [0.3, 0.4) is 0 Å². The third kappa shape index (κ3) is 2.04. The Balaban J connectivity index is 3.47. The molecule has 0 aliphatic heterocycles. The summed E-state index contributed by atoms with van der Waals surface area (Å²) < 4.78 is 23.2. The van der Waals surface area contributed by atoms with Crippen molar-refractivity contribution in [1.29, 1.82) is 0 Å². The van der Waals surface area contributed by atoms with E-state index in [9.17, 15) is 9.18 Å². The van der Waals surface area contributed by atoms with Gasteiger partial charge >= 0.3 is 5.97 Å². The fraction of sp³-hybridized carbons (Fsp3) is 0.222. The number of anilines is 1. The maximum atomic E-state index is 13.6. The number of rotatable bonds is 2. The summed E-state index contributed by atoms with van der Waals surface area (Å²) in [6, 6.07) is 1.34. The third-order valence-corrected chi connectivity index (χ3v) is 2.49. The Bertz CT molecular complexity index is 409. The lowest BCUT2D eigenvalue weighted by atomic mass is 10.1. The smallest absolute Gasteiger partial charge is 0.343 e. The molecule has 0 amide bonds. The molecule has 0 unspecified atom stereocenters. The Morgan fingerprint density at radius 2 is 2.13 bits per heavy atom. The first kappa shape index (κ1) is 11.8. The van der Waals surface area contributed by atoms with E-state index in [1.54, 1.807) is 0 Å². The maximum absolute atomic E-state index is 13.6. The minimum atomic E-state index is -0.843. The zero-order valence-corrected chi connectivity index (χ0v) is 9.72. The van der Waals surface area contributed by atoms with Gasteiger partial charge < -0.3 is 15.2 Å². The van der Waals surface area contributed by atoms with Gasteiger partial charge in [0.2, 0.25) is 0 Å². The van der Waals surface area contributed by atoms with Gasteiger partial charge in [-0.05, 0) is 22.0 Å². The molecule has 1 rings (SSSR count). The summed E-state index contributed by atoms with van der Waals surface area (Å²) in [6.45, 7) is 0. The van der Waals surface area contributed by atoms with Crippen LogP contribution in [0.2, 0.25) is 0 Å². The molecule has 0 aliphatic carbocycles. The number of benzene rings is 1. The molecular weight excluding hydrogens is 269 g/mol. The van der Waals surface area contributed by atoms with Gasteiger partial charge in [-0.1, -0.05) is 0 Å². The molecule has 0 saturated carbocycles. The van der Waals surface area contributed by atoms with E-state index < -0.39 is 11.8 Å². The Hall–Kier alpha value is -1.30. The molecule has 0 spiro atoms. The van der Waals surface area contributed by atoms with Gasteiger partial charge in [-0.3, -0.25) is 0 Å². The largest absolute Gasteiger partial charge is 0.494 e. The van der Waals surface area contributed by atoms with E-state index >= 15 is 0 Å². The Morgan fingerprint density at radius 3 is 2.60 bits per heavy atom. The van der Waals surface area contributed by atoms with E-state index in [2.05, 4.69) is 20.7 Å². The van der Waals surface area contributed by atoms with E-state index in [1.807, 2.05) is 0 Å². The summed E-state index contributed by atoms with van der Waals surface area (Å²) >= 11 is 3.09. The van der Waals surface area contributed by atoms with Gasteiger partial charge in [-0.25, -0.2) is 9.18 Å². The molecular formula is C9H9BrFNO3. The number of nitrogen functional groups attached to an aromatic ring is 1. The van der Waals surface area contributed by atoms with Crippen molar-refractivity contribution in [1.82, 2.24) is 0 Å². The topological polar surface area (TPSA) is 61.5 Å². The molecule has 4 nitrogen and oxygen atoms in total. The zero-order chi connectivity index (χ0) is 11.6. The van der Waals surface area contributed by atoms with Crippen molar-refractivity contribution in [2.45, 2.75) is 0 Å². The first-order valence-electron chi connectivity index (χ1n) is 3.92. The van der Waals surface area contributed by atoms with Crippen LogP contribution >= 0.6 is 15.9 Å². The lowest BCUT2D eigenvalue weighted by molar-refractivity contribution is 0.0596. The monoisotopic (exact) mass is 277 g/mol. The van der Waals surface area contributed by atoms with Crippen molar-refractivity contribution in [3.63, 3.8) is 0 Å². The molecule has 1 aromatic carbocycles. The second-order valence-electron chi connectivity index (χ2n) is 2.65. The van der Waals surface area contributed by atoms with Crippen LogP contribution in [-0.2, 0) is 4.74 Å². The van der Waals surface area contributed by atoms with Gasteiger partial charge in [-0.15, -0.1) is 0 Å². The second kappa shape index (κ2) is 4.48. The van der Waals surface area contributed by atoms with E-state index in [0.29, 0.717) is 4.47 Å². The number of ether oxygens (including phenoxy) is 2. The van der Waals surface area contributed by atoms with Crippen LogP contribution in [0.4, 0.5) is 10.1 Å². The average Bonchev–Trinajstić information content (AvgIpc) is 2.23. The number of hydrogen-bond acceptors (Lipinski definition) is 4. The molecule has 0 bridgehead atoms. The van der Waals surface area contributed by atoms with E-state index in [0.717, 1.165) is 7.11 Å². The molecule has 0 heterocycles. The summed E-state index contributed by atoms with van der Waals surface area (Å²) in [4.78, 5) is 11.3. The number of carbonyl (C=O) groups is 1. The summed E-state index contributed by atoms with van der Waals surface area (Å²) in [5, 5.41) is 0. The van der Waals surface area contributed by atoms with E-state index in [1.165, 1.54) is 13.2 Å². The SMILES string of the molecule is COC(=O)c1c(N)c(Br)cc(OC)c1F. The predicted molar refractivity (Wildman–Crippen MR) is 56.4 cm³/mol. The molecule has 0 radical (unpaired) electrons. The summed E-state index contributed by atoms with van der Waals surface area (Å²) in [5.74, 6) is -1.74. The van der Waals surface area contributed by atoms with Gasteiger partial charge in [0, 0.05) is 4.47 Å². The molecule has 0 atom stereocenters. The lowest BCUT2D eigenvalue weighted by Gasteiger charge is -2.10. The Kier molecular flexibility index (Phi) is 3.52. The molecule has 1 aromatic rings. The highest BCUT2D eigenvalue weighted by atomic mass is 79.9. The fourth-order valence-electron chi connectivity index (χ4n) is 1.07. The van der Waals surface area contributed by atoms with Crippen molar-refractivity contribution >= 4 is 27.6 Å². The molecule has 2 N–H and O–H groups in total. The van der Waals surface area contributed by atoms with Gasteiger partial charge in [0.25, 0.3) is 0 Å². The van der Waals surface area contributed by atoms with Gasteiger partial charge in [-0.2, -0.15) is 0 Å². The molecule has 82 valence electrons. The zero-order valence-electron chi connectivity index (χ0n) is 8.14. The Morgan fingerprint density at radius 1 is 1.53 bits per heavy atom. The minimum Gasteiger partial charge on any atom is -0.494 e. The lowest BCUT2D eigenvalue weighted by Crippen LogP contribution is -2.10. The van der Waals surface area contributed by atoms with Crippen molar-refractivity contribution in [3.05, 3.63) is 21.9 Å². The standard InChI is InChI=1S/C9H9BrFNO3/c1-14-5-3-4(10)8(12)6(7(5)11)9(13)15-2/h3H,12H2,1-2H3. The van der Waals surface area contributed by atoms with Gasteiger partial charge in [0.15, 0.2) is 11.6 Å². The summed E-state index contributed by atoms with van der Waals surface area (Å²) in [6.07, 6.45) is 0. The van der Waals surface area contributed by atoms with Gasteiger partial charge in [0.1, 0.15) is 5.56 Å². The highest BCUT2D eigenvalue weighted by Gasteiger charge is 2.22. The van der Waals surface area contributed by atoms with Crippen molar-refractivity contribution in [2.24, 2.45) is 0 Å². The first-order chi connectivity index (χ1) is 7.02. The number of nitrogens with two attached hydrogens (primary N) is 1. The molecule has 0 aromatic heterocycles. The van der Waals surface area contributed by atoms with Crippen molar-refractivity contribution in [2.75, 3.05) is 20.0 Å². The number of hydrogen-bond donors (Lipinski definition) is 1. The van der Waals surface area contributed by atoms with Crippen LogP contribution < -0.4 is 10.5 Å². The first-order valence-corrected chi connectivity index (χ1v) is 4.72.